The van der Waals surface area contributed by atoms with Crippen LogP contribution in [0.4, 0.5) is 0 Å². The van der Waals surface area contributed by atoms with Gasteiger partial charge in [0.25, 0.3) is 0 Å². The summed E-state index contributed by atoms with van der Waals surface area (Å²) < 4.78 is 5.00. The van der Waals surface area contributed by atoms with E-state index in [1.165, 1.54) is 6.39 Å². The Kier molecular flexibility index (Phi) is 4.30. The zero-order chi connectivity index (χ0) is 11.3. The highest BCUT2D eigenvalue weighted by atomic mass is 16.4. The lowest BCUT2D eigenvalue weighted by Gasteiger charge is -2.15. The molecule has 5 heteroatoms. The molecule has 0 amide bonds. The van der Waals surface area contributed by atoms with Crippen LogP contribution >= 0.6 is 0 Å². The van der Waals surface area contributed by atoms with Crippen molar-refractivity contribution in [2.75, 3.05) is 0 Å². The zero-order valence-electron chi connectivity index (χ0n) is 8.93. The van der Waals surface area contributed by atoms with E-state index in [0.29, 0.717) is 24.6 Å². The average molecular weight is 212 g/mol. The van der Waals surface area contributed by atoms with E-state index < -0.39 is 12.0 Å². The average Bonchev–Trinajstić information content (AvgIpc) is 2.63. The van der Waals surface area contributed by atoms with Crippen LogP contribution in [0.25, 0.3) is 0 Å². The number of hydrogen-bond donors (Lipinski definition) is 2. The van der Waals surface area contributed by atoms with Crippen LogP contribution in [0.15, 0.2) is 17.0 Å². The van der Waals surface area contributed by atoms with Gasteiger partial charge in [0.15, 0.2) is 6.39 Å². The molecule has 2 N–H and O–H groups in total. The molecule has 1 rings (SSSR count). The normalized spacial score (nSPS) is 13.0. The fourth-order valence-electron chi connectivity index (χ4n) is 1.30. The van der Waals surface area contributed by atoms with Gasteiger partial charge in [0.05, 0.1) is 12.7 Å². The number of rotatable bonds is 6. The van der Waals surface area contributed by atoms with Crippen molar-refractivity contribution in [2.45, 2.75) is 32.9 Å². The van der Waals surface area contributed by atoms with Crippen LogP contribution < -0.4 is 5.32 Å². The summed E-state index contributed by atoms with van der Waals surface area (Å²) in [6.45, 7) is 4.38. The van der Waals surface area contributed by atoms with E-state index >= 15 is 0 Å². The van der Waals surface area contributed by atoms with Crippen LogP contribution in [-0.4, -0.2) is 22.1 Å². The number of nitrogens with one attached hydrogen (secondary N) is 1. The van der Waals surface area contributed by atoms with Gasteiger partial charge in [-0.2, -0.15) is 0 Å². The number of carboxylic acids is 1. The molecule has 0 spiro atoms. The first-order chi connectivity index (χ1) is 7.09. The molecule has 0 saturated carbocycles. The molecule has 0 aliphatic carbocycles. The summed E-state index contributed by atoms with van der Waals surface area (Å²) in [6.07, 6.45) is 3.50. The van der Waals surface area contributed by atoms with E-state index in [4.69, 9.17) is 9.52 Å². The van der Waals surface area contributed by atoms with Gasteiger partial charge < -0.3 is 9.52 Å². The van der Waals surface area contributed by atoms with E-state index in [2.05, 4.69) is 10.3 Å². The van der Waals surface area contributed by atoms with Gasteiger partial charge in [-0.25, -0.2) is 4.98 Å². The summed E-state index contributed by atoms with van der Waals surface area (Å²) in [5.41, 5.74) is 0. The first kappa shape index (κ1) is 11.7. The third-order valence-electron chi connectivity index (χ3n) is 2.01. The third-order valence-corrected chi connectivity index (χ3v) is 2.01. The van der Waals surface area contributed by atoms with Crippen molar-refractivity contribution in [1.29, 1.82) is 0 Å². The lowest BCUT2D eigenvalue weighted by Crippen LogP contribution is -2.37. The van der Waals surface area contributed by atoms with Crippen LogP contribution in [0.5, 0.6) is 0 Å². The van der Waals surface area contributed by atoms with Gasteiger partial charge in [0.1, 0.15) is 11.8 Å². The zero-order valence-corrected chi connectivity index (χ0v) is 8.93. The van der Waals surface area contributed by atoms with Crippen molar-refractivity contribution in [3.8, 4) is 0 Å². The number of nitrogens with zero attached hydrogens (tertiary/aromatic N) is 1. The summed E-state index contributed by atoms with van der Waals surface area (Å²) in [5, 5.41) is 11.9. The van der Waals surface area contributed by atoms with Crippen LogP contribution in [0.2, 0.25) is 0 Å². The Balaban J connectivity index is 2.41. The molecular weight excluding hydrogens is 196 g/mol. The number of hydrogen-bond acceptors (Lipinski definition) is 4. The number of carbonyl (C=O) groups is 1. The Bertz CT molecular complexity index is 296. The molecule has 15 heavy (non-hydrogen) atoms. The largest absolute Gasteiger partial charge is 0.480 e. The molecule has 0 bridgehead atoms. The minimum absolute atomic E-state index is 0.341. The van der Waals surface area contributed by atoms with Crippen molar-refractivity contribution in [3.05, 3.63) is 18.4 Å². The second-order valence-corrected chi connectivity index (χ2v) is 3.87. The molecule has 1 unspecified atom stereocenters. The van der Waals surface area contributed by atoms with E-state index in [0.717, 1.165) is 0 Å². The van der Waals surface area contributed by atoms with E-state index in [-0.39, 0.29) is 0 Å². The van der Waals surface area contributed by atoms with Gasteiger partial charge in [0, 0.05) is 0 Å². The lowest BCUT2D eigenvalue weighted by molar-refractivity contribution is -0.140. The molecule has 0 radical (unpaired) electrons. The van der Waals surface area contributed by atoms with Crippen molar-refractivity contribution in [2.24, 2.45) is 5.92 Å². The first-order valence-electron chi connectivity index (χ1n) is 4.93. The Morgan fingerprint density at radius 3 is 2.87 bits per heavy atom. The third kappa shape index (κ3) is 4.12. The van der Waals surface area contributed by atoms with Gasteiger partial charge in [-0.1, -0.05) is 13.8 Å². The van der Waals surface area contributed by atoms with Crippen molar-refractivity contribution >= 4 is 5.97 Å². The number of carboxylic acid groups (broad SMARTS) is 1. The fourth-order valence-corrected chi connectivity index (χ4v) is 1.30. The maximum absolute atomic E-state index is 10.9. The van der Waals surface area contributed by atoms with Crippen LogP contribution in [0, 0.1) is 5.92 Å². The Morgan fingerprint density at radius 2 is 2.40 bits per heavy atom. The summed E-state index contributed by atoms with van der Waals surface area (Å²) in [4.78, 5) is 14.6. The monoisotopic (exact) mass is 212 g/mol. The number of oxazole rings is 1. The molecule has 0 aliphatic heterocycles. The Labute approximate surface area is 88.5 Å². The molecule has 1 aromatic heterocycles. The summed E-state index contributed by atoms with van der Waals surface area (Å²) in [7, 11) is 0. The predicted molar refractivity (Wildman–Crippen MR) is 54.2 cm³/mol. The number of aliphatic carboxylic acids is 1. The molecule has 1 atom stereocenters. The van der Waals surface area contributed by atoms with Gasteiger partial charge in [-0.15, -0.1) is 0 Å². The topological polar surface area (TPSA) is 75.4 Å². The Hall–Kier alpha value is -1.36. The van der Waals surface area contributed by atoms with E-state index in [1.54, 1.807) is 6.20 Å². The highest BCUT2D eigenvalue weighted by Crippen LogP contribution is 2.06. The second kappa shape index (κ2) is 5.50. The summed E-state index contributed by atoms with van der Waals surface area (Å²) in [6, 6.07) is -0.532. The van der Waals surface area contributed by atoms with E-state index in [9.17, 15) is 4.79 Å². The maximum atomic E-state index is 10.9. The summed E-state index contributed by atoms with van der Waals surface area (Å²) >= 11 is 0. The summed E-state index contributed by atoms with van der Waals surface area (Å²) in [5.74, 6) is 0.154. The van der Waals surface area contributed by atoms with Gasteiger partial charge in [0.2, 0.25) is 0 Å². The first-order valence-corrected chi connectivity index (χ1v) is 4.93. The smallest absolute Gasteiger partial charge is 0.320 e. The standard InChI is InChI=1S/C10H16N2O3/c1-7(2)3-9(10(13)14)12-5-8-4-11-6-15-8/h4,6-7,9,12H,3,5H2,1-2H3,(H,13,14). The van der Waals surface area contributed by atoms with Gasteiger partial charge in [-0.05, 0) is 12.3 Å². The van der Waals surface area contributed by atoms with Crippen molar-refractivity contribution < 1.29 is 14.3 Å². The molecule has 84 valence electrons. The van der Waals surface area contributed by atoms with Crippen LogP contribution in [0.1, 0.15) is 26.0 Å². The van der Waals surface area contributed by atoms with Crippen LogP contribution in [-0.2, 0) is 11.3 Å². The molecule has 1 heterocycles. The molecular formula is C10H16N2O3. The number of aromatic nitrogens is 1. The quantitative estimate of drug-likeness (QED) is 0.742. The molecule has 0 aromatic carbocycles. The minimum Gasteiger partial charge on any atom is -0.480 e. The van der Waals surface area contributed by atoms with E-state index in [1.807, 2.05) is 13.8 Å². The molecule has 0 aliphatic rings. The minimum atomic E-state index is -0.830. The SMILES string of the molecule is CC(C)CC(NCc1cnco1)C(=O)O. The van der Waals surface area contributed by atoms with Gasteiger partial charge in [-0.3, -0.25) is 10.1 Å². The molecule has 5 nitrogen and oxygen atoms in total. The maximum Gasteiger partial charge on any atom is 0.320 e. The molecule has 0 fully saturated rings. The van der Waals surface area contributed by atoms with Crippen LogP contribution in [0.3, 0.4) is 0 Å². The molecule has 0 saturated heterocycles. The van der Waals surface area contributed by atoms with Crippen molar-refractivity contribution in [3.63, 3.8) is 0 Å². The van der Waals surface area contributed by atoms with Gasteiger partial charge >= 0.3 is 5.97 Å². The fraction of sp³-hybridized carbons (Fsp3) is 0.600. The highest BCUT2D eigenvalue weighted by Gasteiger charge is 2.18. The Morgan fingerprint density at radius 1 is 1.67 bits per heavy atom. The van der Waals surface area contributed by atoms with Crippen molar-refractivity contribution in [1.82, 2.24) is 10.3 Å². The highest BCUT2D eigenvalue weighted by molar-refractivity contribution is 5.73. The lowest BCUT2D eigenvalue weighted by atomic mass is 10.0. The second-order valence-electron chi connectivity index (χ2n) is 3.87. The predicted octanol–water partition coefficient (Wildman–Crippen LogP) is 1.26. The molecule has 1 aromatic rings.